The van der Waals surface area contributed by atoms with Crippen molar-refractivity contribution in [3.8, 4) is 5.69 Å². The zero-order chi connectivity index (χ0) is 20.2. The molecule has 1 aromatic heterocycles. The number of hydrogen-bond acceptors (Lipinski definition) is 2. The number of benzene rings is 2. The molecular weight excluding hydrogens is 369 g/mol. The third-order valence-electron chi connectivity index (χ3n) is 5.25. The van der Waals surface area contributed by atoms with Crippen molar-refractivity contribution in [1.82, 2.24) is 4.57 Å². The molecule has 0 amide bonds. The molecular formula is C21H19F3N2O2. The van der Waals surface area contributed by atoms with Crippen molar-refractivity contribution in [2.75, 3.05) is 18.0 Å². The minimum atomic E-state index is -4.38. The maximum Gasteiger partial charge on any atom is 0.416 e. The Morgan fingerprint density at radius 3 is 2.39 bits per heavy atom. The number of aliphatic carboxylic acids is 1. The number of halogens is 3. The Hall–Kier alpha value is -2.96. The van der Waals surface area contributed by atoms with Crippen molar-refractivity contribution < 1.29 is 23.1 Å². The van der Waals surface area contributed by atoms with Gasteiger partial charge in [-0.05, 0) is 61.4 Å². The van der Waals surface area contributed by atoms with E-state index in [1.807, 2.05) is 40.8 Å². The summed E-state index contributed by atoms with van der Waals surface area (Å²) in [4.78, 5) is 13.0. The lowest BCUT2D eigenvalue weighted by Crippen LogP contribution is -2.50. The topological polar surface area (TPSA) is 45.5 Å². The number of alkyl halides is 3. The van der Waals surface area contributed by atoms with Gasteiger partial charge in [0.05, 0.1) is 17.0 Å². The van der Waals surface area contributed by atoms with Crippen molar-refractivity contribution in [3.63, 3.8) is 0 Å². The minimum absolute atomic E-state index is 0.362. The third kappa shape index (κ3) is 3.10. The number of hydrogen-bond donors (Lipinski definition) is 1. The highest BCUT2D eigenvalue weighted by atomic mass is 19.4. The largest absolute Gasteiger partial charge is 0.481 e. The molecule has 28 heavy (non-hydrogen) atoms. The van der Waals surface area contributed by atoms with E-state index in [2.05, 4.69) is 0 Å². The smallest absolute Gasteiger partial charge is 0.416 e. The number of nitrogens with zero attached hydrogens (tertiary/aromatic N) is 2. The Kier molecular flexibility index (Phi) is 4.14. The van der Waals surface area contributed by atoms with Gasteiger partial charge in [0.25, 0.3) is 0 Å². The van der Waals surface area contributed by atoms with Crippen LogP contribution < -0.4 is 4.90 Å². The summed E-state index contributed by atoms with van der Waals surface area (Å²) in [6, 6.07) is 9.68. The van der Waals surface area contributed by atoms with Gasteiger partial charge in [0.15, 0.2) is 0 Å². The lowest BCUT2D eigenvalue weighted by molar-refractivity contribution is -0.142. The highest BCUT2D eigenvalue weighted by Gasteiger charge is 2.33. The molecule has 3 aromatic rings. The average molecular weight is 388 g/mol. The first kappa shape index (κ1) is 18.4. The van der Waals surface area contributed by atoms with E-state index < -0.39 is 17.7 Å². The van der Waals surface area contributed by atoms with Crippen molar-refractivity contribution in [3.05, 3.63) is 59.3 Å². The normalized spacial score (nSPS) is 15.1. The fourth-order valence-electron chi connectivity index (χ4n) is 3.69. The van der Waals surface area contributed by atoms with Crippen LogP contribution in [0.1, 0.15) is 16.7 Å². The van der Waals surface area contributed by atoms with E-state index in [1.54, 1.807) is 6.92 Å². The third-order valence-corrected chi connectivity index (χ3v) is 5.25. The highest BCUT2D eigenvalue weighted by molar-refractivity contribution is 5.86. The molecule has 0 saturated carbocycles. The number of anilines is 1. The van der Waals surface area contributed by atoms with Crippen LogP contribution in [0.15, 0.2) is 42.6 Å². The van der Waals surface area contributed by atoms with Gasteiger partial charge < -0.3 is 14.6 Å². The number of aryl methyl sites for hydroxylation is 2. The zero-order valence-electron chi connectivity index (χ0n) is 15.4. The second-order valence-corrected chi connectivity index (χ2v) is 7.38. The zero-order valence-corrected chi connectivity index (χ0v) is 15.4. The van der Waals surface area contributed by atoms with E-state index in [0.717, 1.165) is 28.6 Å². The average Bonchev–Trinajstić information content (AvgIpc) is 2.88. The Labute approximate surface area is 159 Å². The van der Waals surface area contributed by atoms with Crippen LogP contribution in [-0.2, 0) is 11.0 Å². The molecule has 0 atom stereocenters. The molecule has 1 saturated heterocycles. The van der Waals surface area contributed by atoms with Crippen LogP contribution in [-0.4, -0.2) is 28.7 Å². The SMILES string of the molecule is Cc1cc(N2CC(C(=O)O)C2)cc(-n2cc(C)c3cc(C(F)(F)F)ccc32)c1. The monoisotopic (exact) mass is 388 g/mol. The van der Waals surface area contributed by atoms with E-state index >= 15 is 0 Å². The number of aromatic nitrogens is 1. The number of carboxylic acids is 1. The van der Waals surface area contributed by atoms with Gasteiger partial charge in [-0.25, -0.2) is 0 Å². The Bertz CT molecular complexity index is 1080. The lowest BCUT2D eigenvalue weighted by Gasteiger charge is -2.39. The van der Waals surface area contributed by atoms with E-state index in [-0.39, 0.29) is 5.92 Å². The number of carbonyl (C=O) groups is 1. The molecule has 0 unspecified atom stereocenters. The molecule has 1 aliphatic heterocycles. The molecule has 1 aliphatic rings. The number of rotatable bonds is 3. The van der Waals surface area contributed by atoms with Crippen molar-refractivity contribution in [1.29, 1.82) is 0 Å². The molecule has 1 N–H and O–H groups in total. The fraction of sp³-hybridized carbons (Fsp3) is 0.286. The fourth-order valence-corrected chi connectivity index (χ4v) is 3.69. The standard InChI is InChI=1S/C21H19F3N2O2/c1-12-5-16(25-10-14(11-25)20(27)28)8-17(6-12)26-9-13(2)18-7-15(21(22,23)24)3-4-19(18)26/h3-9,14H,10-11H2,1-2H3,(H,27,28). The second-order valence-electron chi connectivity index (χ2n) is 7.38. The lowest BCUT2D eigenvalue weighted by atomic mass is 9.99. The van der Waals surface area contributed by atoms with Gasteiger partial charge in [0, 0.05) is 36.0 Å². The molecule has 146 valence electrons. The van der Waals surface area contributed by atoms with Crippen LogP contribution in [0.2, 0.25) is 0 Å². The molecule has 2 aromatic carbocycles. The molecule has 0 bridgehead atoms. The van der Waals surface area contributed by atoms with Crippen LogP contribution in [0, 0.1) is 19.8 Å². The van der Waals surface area contributed by atoms with Gasteiger partial charge in [-0.3, -0.25) is 4.79 Å². The summed E-state index contributed by atoms with van der Waals surface area (Å²) in [6.45, 7) is 4.65. The molecule has 2 heterocycles. The van der Waals surface area contributed by atoms with Crippen LogP contribution in [0.4, 0.5) is 18.9 Å². The van der Waals surface area contributed by atoms with Gasteiger partial charge in [0.1, 0.15) is 0 Å². The summed E-state index contributed by atoms with van der Waals surface area (Å²) in [6.07, 6.45) is -2.54. The van der Waals surface area contributed by atoms with Crippen LogP contribution >= 0.6 is 0 Å². The molecule has 0 aliphatic carbocycles. The van der Waals surface area contributed by atoms with Crippen molar-refractivity contribution >= 4 is 22.6 Å². The molecule has 0 radical (unpaired) electrons. The maximum atomic E-state index is 13.1. The molecule has 1 fully saturated rings. The predicted molar refractivity (Wildman–Crippen MR) is 101 cm³/mol. The summed E-state index contributed by atoms with van der Waals surface area (Å²) in [5, 5.41) is 9.64. The molecule has 4 nitrogen and oxygen atoms in total. The van der Waals surface area contributed by atoms with Crippen molar-refractivity contribution in [2.45, 2.75) is 20.0 Å². The predicted octanol–water partition coefficient (Wildman–Crippen LogP) is 4.79. The molecule has 4 rings (SSSR count). The van der Waals surface area contributed by atoms with E-state index in [1.165, 1.54) is 12.1 Å². The maximum absolute atomic E-state index is 13.1. The Balaban J connectivity index is 1.75. The van der Waals surface area contributed by atoms with Gasteiger partial charge in [-0.15, -0.1) is 0 Å². The number of carboxylic acid groups (broad SMARTS) is 1. The van der Waals surface area contributed by atoms with E-state index in [9.17, 15) is 18.0 Å². The Morgan fingerprint density at radius 1 is 1.07 bits per heavy atom. The van der Waals surface area contributed by atoms with Crippen LogP contribution in [0.5, 0.6) is 0 Å². The van der Waals surface area contributed by atoms with Crippen molar-refractivity contribution in [2.24, 2.45) is 5.92 Å². The number of fused-ring (bicyclic) bond motifs is 1. The summed E-state index contributed by atoms with van der Waals surface area (Å²) in [7, 11) is 0. The van der Waals surface area contributed by atoms with Gasteiger partial charge >= 0.3 is 12.1 Å². The second kappa shape index (κ2) is 6.29. The molecule has 7 heteroatoms. The van der Waals surface area contributed by atoms with E-state index in [4.69, 9.17) is 5.11 Å². The summed E-state index contributed by atoms with van der Waals surface area (Å²) in [5.41, 5.74) is 3.56. The highest BCUT2D eigenvalue weighted by Crippen LogP contribution is 2.35. The van der Waals surface area contributed by atoms with Crippen LogP contribution in [0.25, 0.3) is 16.6 Å². The van der Waals surface area contributed by atoms with Gasteiger partial charge in [0.2, 0.25) is 0 Å². The first-order valence-corrected chi connectivity index (χ1v) is 8.92. The first-order valence-electron chi connectivity index (χ1n) is 8.92. The van der Waals surface area contributed by atoms with Gasteiger partial charge in [-0.1, -0.05) is 0 Å². The first-order chi connectivity index (χ1) is 13.1. The summed E-state index contributed by atoms with van der Waals surface area (Å²) < 4.78 is 41.0. The minimum Gasteiger partial charge on any atom is -0.481 e. The molecule has 0 spiro atoms. The summed E-state index contributed by atoms with van der Waals surface area (Å²) in [5.74, 6) is -1.16. The van der Waals surface area contributed by atoms with Crippen LogP contribution in [0.3, 0.4) is 0 Å². The van der Waals surface area contributed by atoms with Gasteiger partial charge in [-0.2, -0.15) is 13.2 Å². The Morgan fingerprint density at radius 2 is 1.75 bits per heavy atom. The summed E-state index contributed by atoms with van der Waals surface area (Å²) >= 11 is 0. The quantitative estimate of drug-likeness (QED) is 0.702. The van der Waals surface area contributed by atoms with E-state index in [0.29, 0.717) is 24.0 Å².